The van der Waals surface area contributed by atoms with Gasteiger partial charge >= 0.3 is 0 Å². The van der Waals surface area contributed by atoms with Crippen LogP contribution in [0.5, 0.6) is 0 Å². The van der Waals surface area contributed by atoms with E-state index in [4.69, 9.17) is 0 Å². The zero-order valence-electron chi connectivity index (χ0n) is 10.7. The predicted octanol–water partition coefficient (Wildman–Crippen LogP) is 2.21. The Labute approximate surface area is 110 Å². The molecule has 3 rings (SSSR count). The third-order valence-electron chi connectivity index (χ3n) is 3.87. The largest absolute Gasteiger partial charge is 0.319 e. The number of nitrogens with one attached hydrogen (secondary N) is 2. The molecule has 0 bridgehead atoms. The third-order valence-corrected chi connectivity index (χ3v) is 3.87. The molecule has 3 nitrogen and oxygen atoms in total. The minimum atomic E-state index is -0.372. The Morgan fingerprint density at radius 2 is 2.05 bits per heavy atom. The maximum absolute atomic E-state index is 13.6. The van der Waals surface area contributed by atoms with Gasteiger partial charge in [0.2, 0.25) is 0 Å². The van der Waals surface area contributed by atoms with Crippen LogP contribution >= 0.6 is 0 Å². The van der Waals surface area contributed by atoms with E-state index >= 15 is 0 Å². The second-order valence-electron chi connectivity index (χ2n) is 5.23. The normalized spacial score (nSPS) is 16.9. The molecule has 0 spiro atoms. The van der Waals surface area contributed by atoms with Crippen molar-refractivity contribution in [2.24, 2.45) is 5.92 Å². The summed E-state index contributed by atoms with van der Waals surface area (Å²) >= 11 is 0. The third kappa shape index (κ3) is 2.54. The second-order valence-corrected chi connectivity index (χ2v) is 5.23. The van der Waals surface area contributed by atoms with Crippen molar-refractivity contribution in [3.05, 3.63) is 46.0 Å². The van der Waals surface area contributed by atoms with Crippen LogP contribution in [-0.2, 0) is 6.42 Å². The van der Waals surface area contributed by atoms with Crippen LogP contribution < -0.4 is 10.9 Å². The topological polar surface area (TPSA) is 44.9 Å². The fraction of sp³-hybridized carbons (Fsp3) is 0.400. The van der Waals surface area contributed by atoms with E-state index in [0.29, 0.717) is 11.4 Å². The SMILES string of the molecule is O=c1[nH]c2c(F)cccc2cc1CC1CCNCC1. The number of fused-ring (bicyclic) bond motifs is 1. The van der Waals surface area contributed by atoms with Gasteiger partial charge in [-0.25, -0.2) is 4.39 Å². The summed E-state index contributed by atoms with van der Waals surface area (Å²) in [6.07, 6.45) is 2.98. The number of pyridine rings is 1. The highest BCUT2D eigenvalue weighted by Crippen LogP contribution is 2.19. The maximum Gasteiger partial charge on any atom is 0.251 e. The van der Waals surface area contributed by atoms with Crippen LogP contribution in [0.1, 0.15) is 18.4 Å². The van der Waals surface area contributed by atoms with Gasteiger partial charge in [0.1, 0.15) is 5.82 Å². The van der Waals surface area contributed by atoms with Gasteiger partial charge < -0.3 is 10.3 Å². The van der Waals surface area contributed by atoms with Gasteiger partial charge in [-0.1, -0.05) is 12.1 Å². The van der Waals surface area contributed by atoms with Gasteiger partial charge in [-0.2, -0.15) is 0 Å². The number of para-hydroxylation sites is 1. The summed E-state index contributed by atoms with van der Waals surface area (Å²) in [5.74, 6) is 0.177. The van der Waals surface area contributed by atoms with Crippen LogP contribution in [-0.4, -0.2) is 18.1 Å². The van der Waals surface area contributed by atoms with E-state index in [9.17, 15) is 9.18 Å². The summed E-state index contributed by atoms with van der Waals surface area (Å²) in [6.45, 7) is 2.04. The number of H-pyrrole nitrogens is 1. The van der Waals surface area contributed by atoms with Crippen molar-refractivity contribution < 1.29 is 4.39 Å². The van der Waals surface area contributed by atoms with Crippen LogP contribution in [0.2, 0.25) is 0 Å². The molecule has 0 unspecified atom stereocenters. The molecular weight excluding hydrogens is 243 g/mol. The predicted molar refractivity (Wildman–Crippen MR) is 73.8 cm³/mol. The van der Waals surface area contributed by atoms with Crippen molar-refractivity contribution in [2.75, 3.05) is 13.1 Å². The molecule has 1 fully saturated rings. The molecule has 0 radical (unpaired) electrons. The molecule has 1 saturated heterocycles. The highest BCUT2D eigenvalue weighted by atomic mass is 19.1. The molecule has 2 N–H and O–H groups in total. The minimum Gasteiger partial charge on any atom is -0.319 e. The number of aromatic nitrogens is 1. The smallest absolute Gasteiger partial charge is 0.251 e. The van der Waals surface area contributed by atoms with Crippen LogP contribution in [0.4, 0.5) is 4.39 Å². The van der Waals surface area contributed by atoms with Crippen molar-refractivity contribution in [3.63, 3.8) is 0 Å². The summed E-state index contributed by atoms with van der Waals surface area (Å²) in [4.78, 5) is 14.7. The number of hydrogen-bond donors (Lipinski definition) is 2. The summed E-state index contributed by atoms with van der Waals surface area (Å²) < 4.78 is 13.6. The average Bonchev–Trinajstić information content (AvgIpc) is 2.42. The Kier molecular flexibility index (Phi) is 3.34. The maximum atomic E-state index is 13.6. The van der Waals surface area contributed by atoms with Gasteiger partial charge in [0.05, 0.1) is 5.52 Å². The Morgan fingerprint density at radius 1 is 1.26 bits per heavy atom. The van der Waals surface area contributed by atoms with Gasteiger partial charge in [-0.3, -0.25) is 4.79 Å². The first-order chi connectivity index (χ1) is 9.24. The first-order valence-electron chi connectivity index (χ1n) is 6.75. The van der Waals surface area contributed by atoms with Gasteiger partial charge in [-0.05, 0) is 50.4 Å². The molecule has 1 aliphatic rings. The molecule has 2 heterocycles. The molecule has 4 heteroatoms. The van der Waals surface area contributed by atoms with Crippen molar-refractivity contribution in [3.8, 4) is 0 Å². The molecule has 1 aromatic heterocycles. The highest BCUT2D eigenvalue weighted by Gasteiger charge is 2.16. The van der Waals surface area contributed by atoms with Gasteiger partial charge in [0.25, 0.3) is 5.56 Å². The molecule has 0 saturated carbocycles. The Morgan fingerprint density at radius 3 is 2.84 bits per heavy atom. The van der Waals surface area contributed by atoms with E-state index in [1.54, 1.807) is 6.07 Å². The summed E-state index contributed by atoms with van der Waals surface area (Å²) in [5, 5.41) is 4.08. The molecular formula is C15H17FN2O. The molecule has 1 aliphatic heterocycles. The lowest BCUT2D eigenvalue weighted by molar-refractivity contribution is 0.372. The molecule has 19 heavy (non-hydrogen) atoms. The molecule has 0 aliphatic carbocycles. The Bertz CT molecular complexity index is 644. The fourth-order valence-corrected chi connectivity index (χ4v) is 2.79. The Balaban J connectivity index is 1.95. The minimum absolute atomic E-state index is 0.156. The average molecular weight is 260 g/mol. The fourth-order valence-electron chi connectivity index (χ4n) is 2.79. The zero-order chi connectivity index (χ0) is 13.2. The number of benzene rings is 1. The first kappa shape index (κ1) is 12.4. The number of aromatic amines is 1. The van der Waals surface area contributed by atoms with Gasteiger partial charge in [0, 0.05) is 10.9 Å². The lowest BCUT2D eigenvalue weighted by atomic mass is 9.91. The molecule has 2 aromatic rings. The summed E-state index contributed by atoms with van der Waals surface area (Å²) in [6, 6.07) is 6.70. The van der Waals surface area contributed by atoms with Crippen molar-refractivity contribution in [2.45, 2.75) is 19.3 Å². The highest BCUT2D eigenvalue weighted by molar-refractivity contribution is 5.79. The number of rotatable bonds is 2. The number of hydrogen-bond acceptors (Lipinski definition) is 2. The Hall–Kier alpha value is -1.68. The monoisotopic (exact) mass is 260 g/mol. The van der Waals surface area contributed by atoms with Gasteiger partial charge in [-0.15, -0.1) is 0 Å². The van der Waals surface area contributed by atoms with Crippen molar-refractivity contribution in [1.82, 2.24) is 10.3 Å². The van der Waals surface area contributed by atoms with Crippen molar-refractivity contribution in [1.29, 1.82) is 0 Å². The number of halogens is 1. The zero-order valence-corrected chi connectivity index (χ0v) is 10.7. The van der Waals surface area contributed by atoms with Crippen molar-refractivity contribution >= 4 is 10.9 Å². The van der Waals surface area contributed by atoms with E-state index in [2.05, 4.69) is 10.3 Å². The summed E-state index contributed by atoms with van der Waals surface area (Å²) in [7, 11) is 0. The summed E-state index contributed by atoms with van der Waals surface area (Å²) in [5.41, 5.74) is 0.919. The van der Waals surface area contributed by atoms with E-state index in [1.807, 2.05) is 12.1 Å². The van der Waals surface area contributed by atoms with E-state index in [-0.39, 0.29) is 11.4 Å². The van der Waals surface area contributed by atoms with Crippen LogP contribution in [0.3, 0.4) is 0 Å². The van der Waals surface area contributed by atoms with Gasteiger partial charge in [0.15, 0.2) is 0 Å². The van der Waals surface area contributed by atoms with E-state index < -0.39 is 0 Å². The standard InChI is InChI=1S/C15H17FN2O/c16-13-3-1-2-11-9-12(15(19)18-14(11)13)8-10-4-6-17-7-5-10/h1-3,9-10,17H,4-8H2,(H,18,19). The van der Waals surface area contributed by atoms with Crippen LogP contribution in [0.25, 0.3) is 10.9 Å². The van der Waals surface area contributed by atoms with E-state index in [1.165, 1.54) is 6.07 Å². The quantitative estimate of drug-likeness (QED) is 0.869. The molecule has 0 atom stereocenters. The molecule has 1 aromatic carbocycles. The van der Waals surface area contributed by atoms with E-state index in [0.717, 1.165) is 43.3 Å². The first-order valence-corrected chi connectivity index (χ1v) is 6.75. The lowest BCUT2D eigenvalue weighted by Crippen LogP contribution is -2.29. The van der Waals surface area contributed by atoms with Crippen LogP contribution in [0, 0.1) is 11.7 Å². The molecule has 100 valence electrons. The van der Waals surface area contributed by atoms with Crippen LogP contribution in [0.15, 0.2) is 29.1 Å². The lowest BCUT2D eigenvalue weighted by Gasteiger charge is -2.22. The second kappa shape index (κ2) is 5.13. The number of piperidine rings is 1. The molecule has 0 amide bonds.